The summed E-state index contributed by atoms with van der Waals surface area (Å²) in [5.74, 6) is 3.28. The van der Waals surface area contributed by atoms with Gasteiger partial charge in [0.1, 0.15) is 0 Å². The molecular weight excluding hydrogens is 372 g/mol. The van der Waals surface area contributed by atoms with Crippen molar-refractivity contribution in [2.75, 3.05) is 61.7 Å². The Labute approximate surface area is 172 Å². The largest absolute Gasteiger partial charge is 0.493 e. The molecule has 1 unspecified atom stereocenters. The summed E-state index contributed by atoms with van der Waals surface area (Å²) < 4.78 is 28.3. The summed E-state index contributed by atoms with van der Waals surface area (Å²) in [5, 5.41) is 3.42. The van der Waals surface area contributed by atoms with E-state index >= 15 is 0 Å². The fourth-order valence-electron chi connectivity index (χ4n) is 3.97. The number of hydrogen-bond acceptors (Lipinski definition) is 7. The first-order valence-corrected chi connectivity index (χ1v) is 9.64. The van der Waals surface area contributed by atoms with Crippen LogP contribution < -0.4 is 29.0 Å². The Hall–Kier alpha value is -2.64. The number of rotatable bonds is 8. The molecule has 0 spiro atoms. The van der Waals surface area contributed by atoms with Crippen LogP contribution in [0, 0.1) is 0 Å². The van der Waals surface area contributed by atoms with Crippen LogP contribution in [0.4, 0.5) is 0 Å². The highest BCUT2D eigenvalue weighted by Gasteiger charge is 2.32. The molecule has 29 heavy (non-hydrogen) atoms. The van der Waals surface area contributed by atoms with Gasteiger partial charge >= 0.3 is 0 Å². The SMILES string of the molecule is COc1cccc(C(c2ccc(OC)c(OC)c2OC)N2CCNCC2)c1OC. The van der Waals surface area contributed by atoms with Crippen molar-refractivity contribution in [3.8, 4) is 28.7 Å². The van der Waals surface area contributed by atoms with Gasteiger partial charge in [0.05, 0.1) is 41.6 Å². The van der Waals surface area contributed by atoms with E-state index in [1.54, 1.807) is 35.5 Å². The fourth-order valence-corrected chi connectivity index (χ4v) is 3.97. The molecule has 1 aliphatic rings. The molecule has 0 aliphatic carbocycles. The highest BCUT2D eigenvalue weighted by atomic mass is 16.5. The van der Waals surface area contributed by atoms with E-state index in [4.69, 9.17) is 23.7 Å². The van der Waals surface area contributed by atoms with Crippen LogP contribution in [0.5, 0.6) is 28.7 Å². The second-order valence-electron chi connectivity index (χ2n) is 6.69. The summed E-state index contributed by atoms with van der Waals surface area (Å²) in [6.45, 7) is 3.61. The predicted molar refractivity (Wildman–Crippen MR) is 112 cm³/mol. The fraction of sp³-hybridized carbons (Fsp3) is 0.455. The van der Waals surface area contributed by atoms with Crippen LogP contribution in [0.25, 0.3) is 0 Å². The van der Waals surface area contributed by atoms with Crippen LogP contribution in [0.2, 0.25) is 0 Å². The first-order chi connectivity index (χ1) is 14.2. The number of para-hydroxylation sites is 1. The van der Waals surface area contributed by atoms with E-state index in [0.717, 1.165) is 43.1 Å². The first kappa shape index (κ1) is 21.1. The highest BCUT2D eigenvalue weighted by Crippen LogP contribution is 2.48. The average Bonchev–Trinajstić information content (AvgIpc) is 2.79. The Morgan fingerprint density at radius 1 is 0.690 bits per heavy atom. The third-order valence-electron chi connectivity index (χ3n) is 5.27. The van der Waals surface area contributed by atoms with Crippen LogP contribution in [0.15, 0.2) is 30.3 Å². The van der Waals surface area contributed by atoms with Gasteiger partial charge < -0.3 is 29.0 Å². The number of nitrogens with zero attached hydrogens (tertiary/aromatic N) is 1. The quantitative estimate of drug-likeness (QED) is 0.728. The molecule has 0 radical (unpaired) electrons. The number of nitrogens with one attached hydrogen (secondary N) is 1. The van der Waals surface area contributed by atoms with E-state index in [-0.39, 0.29) is 6.04 Å². The average molecular weight is 402 g/mol. The van der Waals surface area contributed by atoms with Crippen LogP contribution >= 0.6 is 0 Å². The maximum atomic E-state index is 5.81. The molecule has 2 aromatic rings. The normalized spacial score (nSPS) is 15.5. The molecule has 158 valence electrons. The maximum absolute atomic E-state index is 5.81. The summed E-state index contributed by atoms with van der Waals surface area (Å²) in [4.78, 5) is 2.41. The lowest BCUT2D eigenvalue weighted by molar-refractivity contribution is 0.190. The molecule has 0 amide bonds. The van der Waals surface area contributed by atoms with Crippen LogP contribution in [-0.4, -0.2) is 66.6 Å². The molecule has 1 aliphatic heterocycles. The second-order valence-corrected chi connectivity index (χ2v) is 6.69. The molecule has 7 heteroatoms. The van der Waals surface area contributed by atoms with Gasteiger partial charge in [-0.3, -0.25) is 4.90 Å². The lowest BCUT2D eigenvalue weighted by Crippen LogP contribution is -2.45. The lowest BCUT2D eigenvalue weighted by Gasteiger charge is -2.37. The summed E-state index contributed by atoms with van der Waals surface area (Å²) >= 11 is 0. The van der Waals surface area contributed by atoms with Gasteiger partial charge in [0.25, 0.3) is 0 Å². The van der Waals surface area contributed by atoms with E-state index in [1.165, 1.54) is 0 Å². The molecule has 0 bridgehead atoms. The third-order valence-corrected chi connectivity index (χ3v) is 5.27. The lowest BCUT2D eigenvalue weighted by atomic mass is 9.93. The van der Waals surface area contributed by atoms with Crippen LogP contribution in [0.1, 0.15) is 17.2 Å². The van der Waals surface area contributed by atoms with Crippen molar-refractivity contribution in [3.05, 3.63) is 41.5 Å². The van der Waals surface area contributed by atoms with Gasteiger partial charge in [-0.1, -0.05) is 12.1 Å². The molecule has 1 heterocycles. The second kappa shape index (κ2) is 9.71. The molecule has 2 aromatic carbocycles. The predicted octanol–water partition coefficient (Wildman–Crippen LogP) is 2.72. The van der Waals surface area contributed by atoms with Crippen molar-refractivity contribution < 1.29 is 23.7 Å². The highest BCUT2D eigenvalue weighted by molar-refractivity contribution is 5.60. The van der Waals surface area contributed by atoms with Gasteiger partial charge in [-0.25, -0.2) is 0 Å². The molecule has 3 rings (SSSR count). The summed E-state index contributed by atoms with van der Waals surface area (Å²) in [5.41, 5.74) is 2.00. The molecule has 0 aromatic heterocycles. The summed E-state index contributed by atoms with van der Waals surface area (Å²) in [7, 11) is 8.21. The molecule has 1 fully saturated rings. The van der Waals surface area contributed by atoms with Crippen molar-refractivity contribution in [2.45, 2.75) is 6.04 Å². The van der Waals surface area contributed by atoms with Gasteiger partial charge in [-0.15, -0.1) is 0 Å². The Balaban J connectivity index is 2.23. The van der Waals surface area contributed by atoms with E-state index in [9.17, 15) is 0 Å². The van der Waals surface area contributed by atoms with Gasteiger partial charge in [0, 0.05) is 37.3 Å². The molecule has 7 nitrogen and oxygen atoms in total. The summed E-state index contributed by atoms with van der Waals surface area (Å²) in [6, 6.07) is 9.81. The number of piperazine rings is 1. The van der Waals surface area contributed by atoms with Crippen molar-refractivity contribution in [1.29, 1.82) is 0 Å². The Morgan fingerprint density at radius 2 is 1.28 bits per heavy atom. The van der Waals surface area contributed by atoms with Crippen molar-refractivity contribution >= 4 is 0 Å². The third kappa shape index (κ3) is 4.06. The van der Waals surface area contributed by atoms with E-state index in [1.807, 2.05) is 24.3 Å². The van der Waals surface area contributed by atoms with Crippen molar-refractivity contribution in [3.63, 3.8) is 0 Å². The molecule has 1 N–H and O–H groups in total. The van der Waals surface area contributed by atoms with E-state index < -0.39 is 0 Å². The zero-order valence-electron chi connectivity index (χ0n) is 17.8. The van der Waals surface area contributed by atoms with Gasteiger partial charge in [0.2, 0.25) is 5.75 Å². The Bertz CT molecular complexity index is 821. The molecule has 1 atom stereocenters. The summed E-state index contributed by atoms with van der Waals surface area (Å²) in [6.07, 6.45) is 0. The number of benzene rings is 2. The standard InChI is InChI=1S/C22H30N2O5/c1-25-17-8-6-7-15(20(17)27-3)19(24-13-11-23-12-14-24)16-9-10-18(26-2)22(29-5)21(16)28-4/h6-10,19,23H,11-14H2,1-5H3. The number of methoxy groups -OCH3 is 5. The van der Waals surface area contributed by atoms with E-state index in [0.29, 0.717) is 23.0 Å². The van der Waals surface area contributed by atoms with Crippen LogP contribution in [-0.2, 0) is 0 Å². The number of ether oxygens (including phenoxy) is 5. The number of hydrogen-bond donors (Lipinski definition) is 1. The van der Waals surface area contributed by atoms with Crippen LogP contribution in [0.3, 0.4) is 0 Å². The maximum Gasteiger partial charge on any atom is 0.203 e. The molecule has 1 saturated heterocycles. The van der Waals surface area contributed by atoms with Crippen molar-refractivity contribution in [1.82, 2.24) is 10.2 Å². The minimum atomic E-state index is -0.100. The van der Waals surface area contributed by atoms with Gasteiger partial charge in [0.15, 0.2) is 23.0 Å². The zero-order valence-corrected chi connectivity index (χ0v) is 17.8. The van der Waals surface area contributed by atoms with Crippen molar-refractivity contribution in [2.24, 2.45) is 0 Å². The zero-order chi connectivity index (χ0) is 20.8. The van der Waals surface area contributed by atoms with E-state index in [2.05, 4.69) is 16.3 Å². The molecule has 0 saturated carbocycles. The monoisotopic (exact) mass is 402 g/mol. The first-order valence-electron chi connectivity index (χ1n) is 9.64. The molecular formula is C22H30N2O5. The van der Waals surface area contributed by atoms with Gasteiger partial charge in [-0.2, -0.15) is 0 Å². The topological polar surface area (TPSA) is 61.4 Å². The smallest absolute Gasteiger partial charge is 0.203 e. The minimum Gasteiger partial charge on any atom is -0.493 e. The minimum absolute atomic E-state index is 0.100. The van der Waals surface area contributed by atoms with Gasteiger partial charge in [-0.05, 0) is 18.2 Å². The Morgan fingerprint density at radius 3 is 1.86 bits per heavy atom. The Kier molecular flexibility index (Phi) is 7.06.